The van der Waals surface area contributed by atoms with Crippen molar-refractivity contribution in [3.05, 3.63) is 73.1 Å². The van der Waals surface area contributed by atoms with Crippen LogP contribution in [-0.2, 0) is 34.8 Å². The fourth-order valence-corrected chi connectivity index (χ4v) is 4.25. The lowest BCUT2D eigenvalue weighted by atomic mass is 9.99. The number of hydrogen-bond acceptors (Lipinski definition) is 6. The van der Waals surface area contributed by atoms with E-state index in [2.05, 4.69) is 10.3 Å². The Kier molecular flexibility index (Phi) is 7.89. The lowest BCUT2D eigenvalue weighted by molar-refractivity contribution is -0.143. The molecule has 1 atom stereocenters. The standard InChI is InChI=1S/C26H32N4O5/c1-7-35-22(32)14-20(18-10-8-15(2)9-11-18)28-21(31)13-12-19-16(3)23-24(27-17(19)4)29(5)26(34)30(6)25(23)33/h8-11,20H,7,12-14H2,1-6H3,(H,28,31)/t20-/m0/s1. The van der Waals surface area contributed by atoms with Crippen LogP contribution in [0.4, 0.5) is 0 Å². The van der Waals surface area contributed by atoms with Gasteiger partial charge in [-0.15, -0.1) is 0 Å². The molecule has 186 valence electrons. The molecule has 3 aromatic rings. The summed E-state index contributed by atoms with van der Waals surface area (Å²) in [5, 5.41) is 3.32. The second-order valence-corrected chi connectivity index (χ2v) is 8.75. The summed E-state index contributed by atoms with van der Waals surface area (Å²) in [6.45, 7) is 7.59. The quantitative estimate of drug-likeness (QED) is 0.495. The number of carbonyl (C=O) groups is 2. The van der Waals surface area contributed by atoms with Gasteiger partial charge in [0.2, 0.25) is 5.91 Å². The average molecular weight is 481 g/mol. The van der Waals surface area contributed by atoms with Crippen molar-refractivity contribution in [1.82, 2.24) is 19.4 Å². The van der Waals surface area contributed by atoms with Crippen LogP contribution >= 0.6 is 0 Å². The lowest BCUT2D eigenvalue weighted by Gasteiger charge is -2.19. The molecule has 3 rings (SSSR count). The van der Waals surface area contributed by atoms with Crippen LogP contribution < -0.4 is 16.6 Å². The number of aromatic nitrogens is 3. The van der Waals surface area contributed by atoms with E-state index in [0.717, 1.165) is 21.3 Å². The molecule has 1 aromatic carbocycles. The number of aryl methyl sites for hydroxylation is 4. The van der Waals surface area contributed by atoms with Gasteiger partial charge in [-0.3, -0.25) is 23.5 Å². The van der Waals surface area contributed by atoms with Gasteiger partial charge in [0.15, 0.2) is 0 Å². The van der Waals surface area contributed by atoms with Crippen molar-refractivity contribution in [2.24, 2.45) is 14.1 Å². The summed E-state index contributed by atoms with van der Waals surface area (Å²) in [5.41, 5.74) is 3.54. The maximum atomic E-state index is 12.9. The van der Waals surface area contributed by atoms with Crippen LogP contribution in [0.3, 0.4) is 0 Å². The number of nitrogens with one attached hydrogen (secondary N) is 1. The molecule has 9 nitrogen and oxygen atoms in total. The van der Waals surface area contributed by atoms with E-state index in [9.17, 15) is 19.2 Å². The normalized spacial score (nSPS) is 11.9. The highest BCUT2D eigenvalue weighted by atomic mass is 16.5. The number of fused-ring (bicyclic) bond motifs is 1. The minimum Gasteiger partial charge on any atom is -0.466 e. The summed E-state index contributed by atoms with van der Waals surface area (Å²) in [4.78, 5) is 54.6. The molecule has 9 heteroatoms. The first-order valence-electron chi connectivity index (χ1n) is 11.6. The minimum atomic E-state index is -0.513. The minimum absolute atomic E-state index is 0.0301. The van der Waals surface area contributed by atoms with Gasteiger partial charge in [0.25, 0.3) is 5.56 Å². The van der Waals surface area contributed by atoms with E-state index in [0.29, 0.717) is 28.7 Å². The number of amides is 1. The molecule has 0 saturated carbocycles. The highest BCUT2D eigenvalue weighted by Crippen LogP contribution is 2.22. The summed E-state index contributed by atoms with van der Waals surface area (Å²) in [5.74, 6) is -0.614. The molecule has 1 amide bonds. The molecule has 0 spiro atoms. The molecule has 0 aliphatic heterocycles. The fraction of sp³-hybridized carbons (Fsp3) is 0.423. The average Bonchev–Trinajstić information content (AvgIpc) is 2.81. The van der Waals surface area contributed by atoms with E-state index in [4.69, 9.17) is 4.74 Å². The van der Waals surface area contributed by atoms with Crippen LogP contribution in [0.5, 0.6) is 0 Å². The van der Waals surface area contributed by atoms with Crippen LogP contribution in [-0.4, -0.2) is 32.6 Å². The second kappa shape index (κ2) is 10.7. The van der Waals surface area contributed by atoms with Crippen molar-refractivity contribution in [2.45, 2.75) is 53.0 Å². The summed E-state index contributed by atoms with van der Waals surface area (Å²) >= 11 is 0. The molecule has 0 bridgehead atoms. The van der Waals surface area contributed by atoms with E-state index < -0.39 is 17.3 Å². The molecule has 0 saturated heterocycles. The van der Waals surface area contributed by atoms with E-state index >= 15 is 0 Å². The van der Waals surface area contributed by atoms with Crippen LogP contribution in [0.25, 0.3) is 11.0 Å². The molecule has 35 heavy (non-hydrogen) atoms. The third kappa shape index (κ3) is 5.50. The Hall–Kier alpha value is -3.75. The zero-order chi connectivity index (χ0) is 25.9. The number of hydrogen-bond donors (Lipinski definition) is 1. The van der Waals surface area contributed by atoms with E-state index in [1.165, 1.54) is 11.6 Å². The molecular formula is C26H32N4O5. The monoisotopic (exact) mass is 480 g/mol. The maximum absolute atomic E-state index is 12.9. The first-order chi connectivity index (χ1) is 16.5. The zero-order valence-electron chi connectivity index (χ0n) is 21.1. The van der Waals surface area contributed by atoms with Crippen molar-refractivity contribution >= 4 is 22.9 Å². The Labute approximate surface area is 203 Å². The van der Waals surface area contributed by atoms with Gasteiger partial charge < -0.3 is 10.1 Å². The third-order valence-corrected chi connectivity index (χ3v) is 6.26. The summed E-state index contributed by atoms with van der Waals surface area (Å²) in [6, 6.07) is 7.13. The number of benzene rings is 1. The molecule has 2 aromatic heterocycles. The number of ether oxygens (including phenoxy) is 1. The molecule has 0 fully saturated rings. The Morgan fingerprint density at radius 1 is 1.06 bits per heavy atom. The third-order valence-electron chi connectivity index (χ3n) is 6.26. The Balaban J connectivity index is 1.85. The van der Waals surface area contributed by atoms with Gasteiger partial charge in [0.05, 0.1) is 24.5 Å². The second-order valence-electron chi connectivity index (χ2n) is 8.75. The van der Waals surface area contributed by atoms with Crippen LogP contribution in [0.15, 0.2) is 33.9 Å². The highest BCUT2D eigenvalue weighted by molar-refractivity contribution is 5.81. The largest absolute Gasteiger partial charge is 0.466 e. The van der Waals surface area contributed by atoms with Gasteiger partial charge in [0, 0.05) is 26.2 Å². The molecule has 0 unspecified atom stereocenters. The fourth-order valence-electron chi connectivity index (χ4n) is 4.25. The highest BCUT2D eigenvalue weighted by Gasteiger charge is 2.21. The summed E-state index contributed by atoms with van der Waals surface area (Å²) in [6.07, 6.45) is 0.535. The van der Waals surface area contributed by atoms with Gasteiger partial charge in [-0.05, 0) is 50.8 Å². The molecule has 1 N–H and O–H groups in total. The molecule has 0 aliphatic carbocycles. The van der Waals surface area contributed by atoms with Gasteiger partial charge >= 0.3 is 11.7 Å². The smallest absolute Gasteiger partial charge is 0.332 e. The molecular weight excluding hydrogens is 448 g/mol. The molecule has 2 heterocycles. The SMILES string of the molecule is CCOC(=O)C[C@H](NC(=O)CCc1c(C)nc2c(c1C)c(=O)n(C)c(=O)n2C)c1ccc(C)cc1. The van der Waals surface area contributed by atoms with Gasteiger partial charge in [-0.25, -0.2) is 9.78 Å². The van der Waals surface area contributed by atoms with Crippen molar-refractivity contribution in [2.75, 3.05) is 6.61 Å². The Morgan fingerprint density at radius 3 is 2.34 bits per heavy atom. The van der Waals surface area contributed by atoms with Crippen LogP contribution in [0.2, 0.25) is 0 Å². The van der Waals surface area contributed by atoms with Crippen LogP contribution in [0, 0.1) is 20.8 Å². The predicted molar refractivity (Wildman–Crippen MR) is 133 cm³/mol. The Morgan fingerprint density at radius 2 is 1.71 bits per heavy atom. The lowest BCUT2D eigenvalue weighted by Crippen LogP contribution is -2.38. The molecule has 0 radical (unpaired) electrons. The number of esters is 1. The number of carbonyl (C=O) groups excluding carboxylic acids is 2. The first-order valence-corrected chi connectivity index (χ1v) is 11.6. The van der Waals surface area contributed by atoms with Crippen LogP contribution in [0.1, 0.15) is 53.8 Å². The maximum Gasteiger partial charge on any atom is 0.332 e. The molecule has 0 aliphatic rings. The first kappa shape index (κ1) is 25.9. The Bertz CT molecular complexity index is 1390. The van der Waals surface area contributed by atoms with E-state index in [1.807, 2.05) is 38.1 Å². The van der Waals surface area contributed by atoms with Crippen molar-refractivity contribution < 1.29 is 14.3 Å². The predicted octanol–water partition coefficient (Wildman–Crippen LogP) is 2.30. The van der Waals surface area contributed by atoms with Gasteiger partial charge in [0.1, 0.15) is 5.65 Å². The van der Waals surface area contributed by atoms with Gasteiger partial charge in [-0.2, -0.15) is 0 Å². The summed E-state index contributed by atoms with van der Waals surface area (Å²) in [7, 11) is 3.02. The van der Waals surface area contributed by atoms with Gasteiger partial charge in [-0.1, -0.05) is 29.8 Å². The van der Waals surface area contributed by atoms with Crippen molar-refractivity contribution in [3.8, 4) is 0 Å². The number of pyridine rings is 1. The number of rotatable bonds is 8. The van der Waals surface area contributed by atoms with E-state index in [1.54, 1.807) is 20.9 Å². The zero-order valence-corrected chi connectivity index (χ0v) is 21.1. The number of nitrogens with zero attached hydrogens (tertiary/aromatic N) is 3. The van der Waals surface area contributed by atoms with E-state index in [-0.39, 0.29) is 31.3 Å². The summed E-state index contributed by atoms with van der Waals surface area (Å²) < 4.78 is 7.50. The van der Waals surface area contributed by atoms with Crippen molar-refractivity contribution in [1.29, 1.82) is 0 Å². The van der Waals surface area contributed by atoms with Crippen molar-refractivity contribution in [3.63, 3.8) is 0 Å². The topological polar surface area (TPSA) is 112 Å².